The van der Waals surface area contributed by atoms with Crippen LogP contribution in [0.15, 0.2) is 54.2 Å². The van der Waals surface area contributed by atoms with Gasteiger partial charge in [-0.1, -0.05) is 17.7 Å². The van der Waals surface area contributed by atoms with Crippen molar-refractivity contribution in [3.63, 3.8) is 0 Å². The van der Waals surface area contributed by atoms with Crippen molar-refractivity contribution in [3.8, 4) is 0 Å². The summed E-state index contributed by atoms with van der Waals surface area (Å²) in [6.07, 6.45) is 1.59. The first-order valence-electron chi connectivity index (χ1n) is 6.83. The van der Waals surface area contributed by atoms with Crippen molar-refractivity contribution >= 4 is 52.3 Å². The van der Waals surface area contributed by atoms with E-state index in [1.807, 2.05) is 0 Å². The molecule has 1 fully saturated rings. The predicted octanol–water partition coefficient (Wildman–Crippen LogP) is 3.51. The van der Waals surface area contributed by atoms with Gasteiger partial charge >= 0.3 is 0 Å². The molecule has 1 aliphatic rings. The van der Waals surface area contributed by atoms with Gasteiger partial charge in [-0.15, -0.1) is 0 Å². The van der Waals surface area contributed by atoms with Gasteiger partial charge < -0.3 is 5.32 Å². The highest BCUT2D eigenvalue weighted by atomic mass is 35.5. The van der Waals surface area contributed by atoms with Crippen molar-refractivity contribution in [2.75, 3.05) is 4.90 Å². The number of halogens is 1. The molecular weight excluding hydrogens is 350 g/mol. The third kappa shape index (κ3) is 3.12. The molecule has 24 heavy (non-hydrogen) atoms. The van der Waals surface area contributed by atoms with E-state index in [4.69, 9.17) is 23.8 Å². The Balaban J connectivity index is 1.89. The number of rotatable bonds is 3. The van der Waals surface area contributed by atoms with E-state index in [2.05, 4.69) is 5.32 Å². The number of nitrogens with one attached hydrogen (secondary N) is 1. The molecule has 6 nitrogen and oxygen atoms in total. The van der Waals surface area contributed by atoms with Crippen molar-refractivity contribution in [2.45, 2.75) is 0 Å². The molecule has 0 aromatic heterocycles. The van der Waals surface area contributed by atoms with Crippen LogP contribution < -0.4 is 10.2 Å². The Labute approximate surface area is 147 Å². The van der Waals surface area contributed by atoms with E-state index in [0.29, 0.717) is 16.3 Å². The minimum Gasteiger partial charge on any atom is -0.327 e. The van der Waals surface area contributed by atoms with Gasteiger partial charge in [-0.25, -0.2) is 0 Å². The highest BCUT2D eigenvalue weighted by molar-refractivity contribution is 7.80. The number of hydrogen-bond acceptors (Lipinski definition) is 4. The summed E-state index contributed by atoms with van der Waals surface area (Å²) in [6.45, 7) is 0. The van der Waals surface area contributed by atoms with Crippen molar-refractivity contribution in [1.29, 1.82) is 0 Å². The number of nitro groups is 1. The van der Waals surface area contributed by atoms with E-state index in [0.717, 1.165) is 0 Å². The van der Waals surface area contributed by atoms with Gasteiger partial charge in [0, 0.05) is 17.2 Å². The molecule has 2 aromatic carbocycles. The number of nitro benzene ring substituents is 1. The van der Waals surface area contributed by atoms with Crippen LogP contribution in [0.3, 0.4) is 0 Å². The highest BCUT2D eigenvalue weighted by Crippen LogP contribution is 2.25. The van der Waals surface area contributed by atoms with Crippen molar-refractivity contribution in [2.24, 2.45) is 0 Å². The molecule has 1 amide bonds. The molecule has 1 saturated heterocycles. The zero-order chi connectivity index (χ0) is 17.3. The molecule has 0 bridgehead atoms. The Morgan fingerprint density at radius 3 is 2.54 bits per heavy atom. The minimum absolute atomic E-state index is 0.0149. The van der Waals surface area contributed by atoms with Gasteiger partial charge in [0.15, 0.2) is 5.11 Å². The van der Waals surface area contributed by atoms with Crippen LogP contribution in [0.5, 0.6) is 0 Å². The van der Waals surface area contributed by atoms with Crippen LogP contribution in [-0.2, 0) is 4.79 Å². The van der Waals surface area contributed by atoms with Gasteiger partial charge in [-0.05, 0) is 54.2 Å². The highest BCUT2D eigenvalue weighted by Gasteiger charge is 2.32. The van der Waals surface area contributed by atoms with Crippen LogP contribution in [0.25, 0.3) is 6.08 Å². The van der Waals surface area contributed by atoms with Gasteiger partial charge in [0.25, 0.3) is 11.6 Å². The lowest BCUT2D eigenvalue weighted by Crippen LogP contribution is -2.30. The molecule has 120 valence electrons. The monoisotopic (exact) mass is 359 g/mol. The van der Waals surface area contributed by atoms with Crippen molar-refractivity contribution < 1.29 is 9.72 Å². The molecule has 0 saturated carbocycles. The van der Waals surface area contributed by atoms with Gasteiger partial charge in [0.2, 0.25) is 0 Å². The molecule has 0 atom stereocenters. The number of hydrogen-bond donors (Lipinski definition) is 1. The van der Waals surface area contributed by atoms with Crippen LogP contribution in [-0.4, -0.2) is 15.9 Å². The summed E-state index contributed by atoms with van der Waals surface area (Å²) in [6, 6.07) is 12.7. The molecule has 2 aromatic rings. The summed E-state index contributed by atoms with van der Waals surface area (Å²) >= 11 is 11.2. The number of amides is 1. The zero-order valence-corrected chi connectivity index (χ0v) is 13.7. The third-order valence-electron chi connectivity index (χ3n) is 3.36. The average Bonchev–Trinajstić information content (AvgIpc) is 2.82. The first-order chi connectivity index (χ1) is 11.5. The van der Waals surface area contributed by atoms with E-state index in [1.54, 1.807) is 42.5 Å². The van der Waals surface area contributed by atoms with Crippen LogP contribution in [0.4, 0.5) is 11.4 Å². The van der Waals surface area contributed by atoms with Crippen molar-refractivity contribution in [3.05, 3.63) is 74.9 Å². The maximum atomic E-state index is 12.6. The molecule has 1 aliphatic heterocycles. The average molecular weight is 360 g/mol. The van der Waals surface area contributed by atoms with Gasteiger partial charge in [0.1, 0.15) is 5.70 Å². The molecular formula is C16H10ClN3O3S. The predicted molar refractivity (Wildman–Crippen MR) is 95.7 cm³/mol. The smallest absolute Gasteiger partial charge is 0.281 e. The molecule has 1 heterocycles. The number of benzene rings is 2. The Bertz CT molecular complexity index is 880. The first kappa shape index (κ1) is 16.1. The fourth-order valence-electron chi connectivity index (χ4n) is 2.24. The number of non-ortho nitro benzene ring substituents is 1. The fraction of sp³-hybridized carbons (Fsp3) is 0. The second kappa shape index (κ2) is 6.38. The number of carbonyl (C=O) groups excluding carboxylic acids is 1. The maximum Gasteiger partial charge on any atom is 0.281 e. The molecule has 8 heteroatoms. The maximum absolute atomic E-state index is 12.6. The normalized spacial score (nSPS) is 15.7. The zero-order valence-electron chi connectivity index (χ0n) is 12.1. The van der Waals surface area contributed by atoms with Crippen LogP contribution in [0.1, 0.15) is 5.56 Å². The summed E-state index contributed by atoms with van der Waals surface area (Å²) in [5.74, 6) is -0.319. The van der Waals surface area contributed by atoms with Crippen LogP contribution in [0, 0.1) is 10.1 Å². The molecule has 0 aliphatic carbocycles. The Kier molecular flexibility index (Phi) is 4.28. The molecule has 0 unspecified atom stereocenters. The third-order valence-corrected chi connectivity index (χ3v) is 3.88. The second-order valence-corrected chi connectivity index (χ2v) is 5.78. The first-order valence-corrected chi connectivity index (χ1v) is 7.61. The van der Waals surface area contributed by atoms with E-state index in [-0.39, 0.29) is 22.4 Å². The van der Waals surface area contributed by atoms with Crippen molar-refractivity contribution in [1.82, 2.24) is 5.32 Å². The quantitative estimate of drug-likeness (QED) is 0.393. The summed E-state index contributed by atoms with van der Waals surface area (Å²) in [5, 5.41) is 14.3. The second-order valence-electron chi connectivity index (χ2n) is 4.96. The lowest BCUT2D eigenvalue weighted by atomic mass is 10.1. The molecule has 0 spiro atoms. The largest absolute Gasteiger partial charge is 0.327 e. The lowest BCUT2D eigenvalue weighted by molar-refractivity contribution is -0.384. The summed E-state index contributed by atoms with van der Waals surface area (Å²) in [5.41, 5.74) is 1.48. The fourth-order valence-corrected chi connectivity index (χ4v) is 2.73. The van der Waals surface area contributed by atoms with Gasteiger partial charge in [-0.2, -0.15) is 0 Å². The van der Waals surface area contributed by atoms with E-state index >= 15 is 0 Å². The topological polar surface area (TPSA) is 75.5 Å². The van der Waals surface area contributed by atoms with Crippen LogP contribution in [0.2, 0.25) is 5.02 Å². The minimum atomic E-state index is -0.480. The number of nitrogens with zero attached hydrogens (tertiary/aromatic N) is 2. The summed E-state index contributed by atoms with van der Waals surface area (Å²) < 4.78 is 0. The Hall–Kier alpha value is -2.77. The van der Waals surface area contributed by atoms with E-state index in [9.17, 15) is 14.9 Å². The van der Waals surface area contributed by atoms with Gasteiger partial charge in [-0.3, -0.25) is 19.8 Å². The summed E-state index contributed by atoms with van der Waals surface area (Å²) in [4.78, 5) is 24.1. The number of anilines is 1. The van der Waals surface area contributed by atoms with Gasteiger partial charge in [0.05, 0.1) is 10.6 Å². The molecule has 3 rings (SSSR count). The Morgan fingerprint density at radius 1 is 1.21 bits per heavy atom. The van der Waals surface area contributed by atoms with Crippen LogP contribution >= 0.6 is 23.8 Å². The Morgan fingerprint density at radius 2 is 1.92 bits per heavy atom. The number of carbonyl (C=O) groups is 1. The number of thiocarbonyl (C=S) groups is 1. The van der Waals surface area contributed by atoms with E-state index in [1.165, 1.54) is 17.0 Å². The molecule has 0 radical (unpaired) electrons. The molecule has 1 N–H and O–H groups in total. The SMILES string of the molecule is O=C1/C(=C/c2ccc([N+](=O)[O-])cc2)NC(=S)N1c1cccc(Cl)c1. The standard InChI is InChI=1S/C16H10ClN3O3S/c17-11-2-1-3-13(9-11)19-15(21)14(18-16(19)24)8-10-4-6-12(7-5-10)20(22)23/h1-9H,(H,18,24)/b14-8-. The van der Waals surface area contributed by atoms with E-state index < -0.39 is 4.92 Å². The lowest BCUT2D eigenvalue weighted by Gasteiger charge is -2.13. The summed E-state index contributed by atoms with van der Waals surface area (Å²) in [7, 11) is 0.